The summed E-state index contributed by atoms with van der Waals surface area (Å²) in [7, 11) is 0. The zero-order chi connectivity index (χ0) is 21.7. The van der Waals surface area contributed by atoms with Gasteiger partial charge in [0.15, 0.2) is 11.6 Å². The highest BCUT2D eigenvalue weighted by atomic mass is 19.1. The van der Waals surface area contributed by atoms with Crippen molar-refractivity contribution >= 4 is 28.5 Å². The summed E-state index contributed by atoms with van der Waals surface area (Å²) in [5.74, 6) is -1.11. The fourth-order valence-corrected chi connectivity index (χ4v) is 4.19. The van der Waals surface area contributed by atoms with Crippen LogP contribution in [0.3, 0.4) is 0 Å². The zero-order valence-electron chi connectivity index (χ0n) is 16.7. The molecular formula is C20H19FN6O4. The Hall–Kier alpha value is -3.76. The lowest BCUT2D eigenvalue weighted by molar-refractivity contribution is 0.0694. The van der Waals surface area contributed by atoms with E-state index >= 15 is 4.39 Å². The maximum atomic E-state index is 15.3. The second-order valence-corrected chi connectivity index (χ2v) is 7.59. The van der Waals surface area contributed by atoms with E-state index in [0.29, 0.717) is 37.6 Å². The van der Waals surface area contributed by atoms with Crippen molar-refractivity contribution < 1.29 is 19.0 Å². The number of nitrogens with zero attached hydrogens (tertiary/aromatic N) is 6. The van der Waals surface area contributed by atoms with Gasteiger partial charge in [-0.05, 0) is 13.0 Å². The lowest BCUT2D eigenvalue weighted by Gasteiger charge is -2.38. The quantitative estimate of drug-likeness (QED) is 0.662. The van der Waals surface area contributed by atoms with Crippen LogP contribution in [0.2, 0.25) is 0 Å². The van der Waals surface area contributed by atoms with E-state index in [1.807, 2.05) is 16.7 Å². The maximum Gasteiger partial charge on any atom is 0.341 e. The number of pyridine rings is 1. The summed E-state index contributed by atoms with van der Waals surface area (Å²) in [5, 5.41) is 9.41. The Balaban J connectivity index is 1.58. The number of carboxylic acids is 1. The lowest BCUT2D eigenvalue weighted by atomic mass is 10.1. The maximum absolute atomic E-state index is 15.3. The van der Waals surface area contributed by atoms with Gasteiger partial charge < -0.3 is 24.2 Å². The van der Waals surface area contributed by atoms with E-state index in [1.54, 1.807) is 4.57 Å². The minimum Gasteiger partial charge on any atom is -0.487 e. The third-order valence-corrected chi connectivity index (χ3v) is 5.73. The predicted molar refractivity (Wildman–Crippen MR) is 110 cm³/mol. The van der Waals surface area contributed by atoms with Crippen LogP contribution in [-0.4, -0.2) is 63.4 Å². The monoisotopic (exact) mass is 426 g/mol. The van der Waals surface area contributed by atoms with Crippen molar-refractivity contribution in [1.82, 2.24) is 19.5 Å². The van der Waals surface area contributed by atoms with E-state index in [9.17, 15) is 14.7 Å². The number of hydrogen-bond acceptors (Lipinski definition) is 8. The largest absolute Gasteiger partial charge is 0.487 e. The Bertz CT molecular complexity index is 1240. The van der Waals surface area contributed by atoms with Crippen LogP contribution in [0.1, 0.15) is 23.3 Å². The van der Waals surface area contributed by atoms with Gasteiger partial charge in [0.1, 0.15) is 30.5 Å². The minimum absolute atomic E-state index is 0.00604. The highest BCUT2D eigenvalue weighted by molar-refractivity contribution is 5.97. The van der Waals surface area contributed by atoms with Gasteiger partial charge in [0.25, 0.3) is 0 Å². The zero-order valence-corrected chi connectivity index (χ0v) is 16.7. The smallest absolute Gasteiger partial charge is 0.341 e. The normalized spacial score (nSPS) is 18.2. The molecule has 1 fully saturated rings. The first-order valence-corrected chi connectivity index (χ1v) is 9.85. The van der Waals surface area contributed by atoms with Crippen molar-refractivity contribution in [1.29, 1.82) is 0 Å². The summed E-state index contributed by atoms with van der Waals surface area (Å²) in [6.45, 7) is 4.24. The predicted octanol–water partition coefficient (Wildman–Crippen LogP) is 1.30. The van der Waals surface area contributed by atoms with Crippen molar-refractivity contribution in [3.8, 4) is 5.75 Å². The fraction of sp³-hybridized carbons (Fsp3) is 0.350. The van der Waals surface area contributed by atoms with Crippen molar-refractivity contribution in [2.45, 2.75) is 13.0 Å². The molecule has 10 nitrogen and oxygen atoms in total. The number of aromatic carboxylic acids is 1. The van der Waals surface area contributed by atoms with Crippen molar-refractivity contribution in [3.63, 3.8) is 0 Å². The summed E-state index contributed by atoms with van der Waals surface area (Å²) in [5.41, 5.74) is -0.399. The Morgan fingerprint density at radius 3 is 2.55 bits per heavy atom. The second kappa shape index (κ2) is 7.18. The number of hydrogen-bond donors (Lipinski definition) is 1. The van der Waals surface area contributed by atoms with E-state index in [0.717, 1.165) is 6.07 Å². The van der Waals surface area contributed by atoms with Crippen LogP contribution in [0.15, 0.2) is 29.7 Å². The third kappa shape index (κ3) is 3.04. The molecule has 0 amide bonds. The number of piperazine rings is 1. The number of carboxylic acid groups (broad SMARTS) is 1. The first kappa shape index (κ1) is 19.2. The van der Waals surface area contributed by atoms with Gasteiger partial charge in [-0.25, -0.2) is 24.1 Å². The van der Waals surface area contributed by atoms with Gasteiger partial charge >= 0.3 is 5.97 Å². The average Bonchev–Trinajstić information content (AvgIpc) is 2.78. The molecule has 160 valence electrons. The van der Waals surface area contributed by atoms with Crippen LogP contribution in [0.4, 0.5) is 16.0 Å². The number of rotatable bonds is 3. The number of aromatic nitrogens is 4. The third-order valence-electron chi connectivity index (χ3n) is 5.73. The molecule has 0 unspecified atom stereocenters. The lowest BCUT2D eigenvalue weighted by Crippen LogP contribution is -2.47. The van der Waals surface area contributed by atoms with Gasteiger partial charge in [-0.15, -0.1) is 0 Å². The molecule has 2 aromatic heterocycles. The van der Waals surface area contributed by atoms with E-state index in [4.69, 9.17) is 4.74 Å². The standard InChI is InChI=1S/C20H19FN6O4/c1-11-8-31-18-15-12(17(28)13(19(29)30)7-27(11)15)6-14(21)16(18)25-2-4-26(5-3-25)20-23-9-22-10-24-20/h6-7,9-11H,2-5,8H2,1H3,(H,29,30)/t11-/m0/s1. The summed E-state index contributed by atoms with van der Waals surface area (Å²) >= 11 is 0. The van der Waals surface area contributed by atoms with E-state index < -0.39 is 17.2 Å². The summed E-state index contributed by atoms with van der Waals surface area (Å²) in [6.07, 6.45) is 4.19. The molecular weight excluding hydrogens is 407 g/mol. The van der Waals surface area contributed by atoms with Crippen LogP contribution in [0.5, 0.6) is 5.75 Å². The fourth-order valence-electron chi connectivity index (χ4n) is 4.19. The molecule has 5 rings (SSSR count). The van der Waals surface area contributed by atoms with Crippen molar-refractivity contribution in [2.75, 3.05) is 42.6 Å². The molecule has 0 spiro atoms. The number of halogens is 1. The molecule has 0 bridgehead atoms. The van der Waals surface area contributed by atoms with Crippen LogP contribution >= 0.6 is 0 Å². The Labute approximate surface area is 175 Å². The molecule has 0 radical (unpaired) electrons. The van der Waals surface area contributed by atoms with E-state index in [1.165, 1.54) is 18.9 Å². The number of anilines is 2. The molecule has 3 aromatic rings. The van der Waals surface area contributed by atoms with Crippen molar-refractivity contribution in [3.05, 3.63) is 46.5 Å². The molecule has 31 heavy (non-hydrogen) atoms. The van der Waals surface area contributed by atoms with Crippen LogP contribution in [-0.2, 0) is 0 Å². The van der Waals surface area contributed by atoms with Gasteiger partial charge in [0, 0.05) is 32.4 Å². The Morgan fingerprint density at radius 1 is 1.19 bits per heavy atom. The number of benzene rings is 1. The topological polar surface area (TPSA) is 114 Å². The molecule has 2 aliphatic rings. The van der Waals surface area contributed by atoms with Gasteiger partial charge in [-0.2, -0.15) is 0 Å². The molecule has 0 aliphatic carbocycles. The molecule has 4 heterocycles. The first-order valence-electron chi connectivity index (χ1n) is 9.85. The van der Waals surface area contributed by atoms with Gasteiger partial charge in [-0.1, -0.05) is 0 Å². The molecule has 1 N–H and O–H groups in total. The van der Waals surface area contributed by atoms with Crippen LogP contribution in [0, 0.1) is 5.82 Å². The summed E-state index contributed by atoms with van der Waals surface area (Å²) in [6, 6.07) is 0.923. The average molecular weight is 426 g/mol. The molecule has 2 aliphatic heterocycles. The van der Waals surface area contributed by atoms with E-state index in [2.05, 4.69) is 15.0 Å². The van der Waals surface area contributed by atoms with Gasteiger partial charge in [-0.3, -0.25) is 4.79 Å². The van der Waals surface area contributed by atoms with Gasteiger partial charge in [0.2, 0.25) is 11.4 Å². The second-order valence-electron chi connectivity index (χ2n) is 7.59. The number of carbonyl (C=O) groups is 1. The summed E-state index contributed by atoms with van der Waals surface area (Å²) in [4.78, 5) is 40.2. The Morgan fingerprint density at radius 2 is 1.87 bits per heavy atom. The first-order chi connectivity index (χ1) is 15.0. The van der Waals surface area contributed by atoms with E-state index in [-0.39, 0.29) is 35.0 Å². The molecule has 11 heteroatoms. The molecule has 1 aromatic carbocycles. The van der Waals surface area contributed by atoms with Crippen LogP contribution in [0.25, 0.3) is 10.9 Å². The molecule has 1 atom stereocenters. The number of ether oxygens (including phenoxy) is 1. The molecule has 1 saturated heterocycles. The highest BCUT2D eigenvalue weighted by Gasteiger charge is 2.31. The minimum atomic E-state index is -1.34. The Kier molecular flexibility index (Phi) is 4.45. The SMILES string of the molecule is C[C@H]1COc2c(N3CCN(c4ncncn4)CC3)c(F)cc3c(=O)c(C(=O)O)cn1c23. The molecule has 0 saturated carbocycles. The highest BCUT2D eigenvalue weighted by Crippen LogP contribution is 2.42. The van der Waals surface area contributed by atoms with Gasteiger partial charge in [0.05, 0.1) is 16.9 Å². The summed E-state index contributed by atoms with van der Waals surface area (Å²) < 4.78 is 22.9. The van der Waals surface area contributed by atoms with Crippen LogP contribution < -0.4 is 20.0 Å². The van der Waals surface area contributed by atoms with Crippen molar-refractivity contribution in [2.24, 2.45) is 0 Å².